The van der Waals surface area contributed by atoms with Crippen LogP contribution in [0.4, 0.5) is 4.39 Å². The van der Waals surface area contributed by atoms with E-state index in [1.807, 2.05) is 0 Å². The predicted molar refractivity (Wildman–Crippen MR) is 153 cm³/mol. The molecular formula is C30H35FN4O4S. The number of unbranched alkanes of at least 4 members (excludes halogenated alkanes) is 1. The van der Waals surface area contributed by atoms with Crippen molar-refractivity contribution in [1.82, 2.24) is 19.8 Å². The van der Waals surface area contributed by atoms with Gasteiger partial charge in [0.2, 0.25) is 5.91 Å². The summed E-state index contributed by atoms with van der Waals surface area (Å²) < 4.78 is 20.2. The molecular weight excluding hydrogens is 531 g/mol. The third kappa shape index (κ3) is 7.03. The van der Waals surface area contributed by atoms with Crippen molar-refractivity contribution in [3.63, 3.8) is 0 Å². The lowest BCUT2D eigenvalue weighted by Crippen LogP contribution is -2.42. The van der Waals surface area contributed by atoms with Crippen molar-refractivity contribution < 1.29 is 19.0 Å². The standard InChI is InChI=1S/C30H35FN4O4S/c31-21-6-12-24(13-7-21)39-19-2-1-16-32-17-14-28(37)34-18-15-27-26(20-34)29(38)35(22-8-10-23(36)11-9-22)30(33-27)40-25-4-3-5-25/h6-13,25,32,36H,1-5,14-20H2. The van der Waals surface area contributed by atoms with Crippen LogP contribution < -0.4 is 15.6 Å². The maximum atomic E-state index is 13.7. The molecule has 0 bridgehead atoms. The number of phenolic OH excluding ortho intramolecular Hbond substituents is 1. The number of phenols is 1. The third-order valence-corrected chi connectivity index (χ3v) is 8.62. The Morgan fingerprint density at radius 2 is 1.88 bits per heavy atom. The molecule has 10 heteroatoms. The Bertz CT molecular complexity index is 1360. The van der Waals surface area contributed by atoms with Crippen LogP contribution in [-0.4, -0.2) is 57.0 Å². The number of nitrogens with one attached hydrogen (secondary N) is 1. The number of halogens is 1. The van der Waals surface area contributed by atoms with Gasteiger partial charge in [-0.1, -0.05) is 18.2 Å². The van der Waals surface area contributed by atoms with E-state index in [0.29, 0.717) is 59.9 Å². The molecule has 8 nitrogen and oxygen atoms in total. The molecule has 0 radical (unpaired) electrons. The van der Waals surface area contributed by atoms with Crippen LogP contribution in [0.3, 0.4) is 0 Å². The number of carbonyl (C=O) groups is 1. The molecule has 2 aromatic carbocycles. The number of hydrogen-bond donors (Lipinski definition) is 2. The van der Waals surface area contributed by atoms with Crippen LogP contribution in [0.2, 0.25) is 0 Å². The van der Waals surface area contributed by atoms with E-state index >= 15 is 0 Å². The fraction of sp³-hybridized carbons (Fsp3) is 0.433. The molecule has 40 heavy (non-hydrogen) atoms. The predicted octanol–water partition coefficient (Wildman–Crippen LogP) is 4.45. The normalized spacial score (nSPS) is 15.0. The highest BCUT2D eigenvalue weighted by Gasteiger charge is 2.28. The van der Waals surface area contributed by atoms with Crippen LogP contribution >= 0.6 is 11.8 Å². The summed E-state index contributed by atoms with van der Waals surface area (Å²) in [5, 5.41) is 14.2. The first kappa shape index (κ1) is 28.2. The summed E-state index contributed by atoms with van der Waals surface area (Å²) in [7, 11) is 0. The average molecular weight is 567 g/mol. The van der Waals surface area contributed by atoms with Crippen LogP contribution in [0.1, 0.15) is 49.8 Å². The van der Waals surface area contributed by atoms with Crippen LogP contribution in [0.15, 0.2) is 58.5 Å². The molecule has 5 rings (SSSR count). The van der Waals surface area contributed by atoms with Gasteiger partial charge in [-0.05, 0) is 80.8 Å². The number of carbonyl (C=O) groups excluding carboxylic acids is 1. The van der Waals surface area contributed by atoms with Crippen LogP contribution in [0, 0.1) is 5.82 Å². The topological polar surface area (TPSA) is 96.7 Å². The Kier molecular flexibility index (Phi) is 9.38. The number of hydrogen-bond acceptors (Lipinski definition) is 7. The van der Waals surface area contributed by atoms with Gasteiger partial charge in [0.05, 0.1) is 30.1 Å². The molecule has 0 unspecified atom stereocenters. The molecule has 2 N–H and O–H groups in total. The van der Waals surface area contributed by atoms with E-state index in [1.54, 1.807) is 57.6 Å². The highest BCUT2D eigenvalue weighted by Crippen LogP contribution is 2.36. The van der Waals surface area contributed by atoms with Gasteiger partial charge in [0.1, 0.15) is 17.3 Å². The van der Waals surface area contributed by atoms with Crippen molar-refractivity contribution in [3.05, 3.63) is 76.0 Å². The summed E-state index contributed by atoms with van der Waals surface area (Å²) in [6, 6.07) is 12.6. The van der Waals surface area contributed by atoms with Crippen molar-refractivity contribution in [2.24, 2.45) is 0 Å². The lowest BCUT2D eigenvalue weighted by atomic mass is 10.0. The smallest absolute Gasteiger partial charge is 0.264 e. The summed E-state index contributed by atoms with van der Waals surface area (Å²) in [4.78, 5) is 33.4. The van der Waals surface area contributed by atoms with Gasteiger partial charge >= 0.3 is 0 Å². The van der Waals surface area contributed by atoms with E-state index < -0.39 is 0 Å². The minimum atomic E-state index is -0.282. The van der Waals surface area contributed by atoms with E-state index in [1.165, 1.54) is 18.6 Å². The van der Waals surface area contributed by atoms with Crippen molar-refractivity contribution in [2.45, 2.75) is 61.9 Å². The molecule has 0 saturated heterocycles. The first-order valence-corrected chi connectivity index (χ1v) is 14.8. The first-order valence-electron chi connectivity index (χ1n) is 14.0. The first-order chi connectivity index (χ1) is 19.5. The zero-order chi connectivity index (χ0) is 27.9. The second-order valence-electron chi connectivity index (χ2n) is 10.2. The van der Waals surface area contributed by atoms with Crippen molar-refractivity contribution >= 4 is 17.7 Å². The fourth-order valence-electron chi connectivity index (χ4n) is 4.77. The Balaban J connectivity index is 1.13. The molecule has 1 aliphatic heterocycles. The van der Waals surface area contributed by atoms with Gasteiger partial charge in [-0.25, -0.2) is 9.37 Å². The highest BCUT2D eigenvalue weighted by atomic mass is 32.2. The second-order valence-corrected chi connectivity index (χ2v) is 11.5. The molecule has 1 saturated carbocycles. The Hall–Kier alpha value is -3.37. The summed E-state index contributed by atoms with van der Waals surface area (Å²) >= 11 is 1.65. The van der Waals surface area contributed by atoms with Crippen molar-refractivity contribution in [1.29, 1.82) is 0 Å². The molecule has 0 atom stereocenters. The zero-order valence-corrected chi connectivity index (χ0v) is 23.3. The van der Waals surface area contributed by atoms with E-state index in [4.69, 9.17) is 9.72 Å². The number of benzene rings is 2. The summed E-state index contributed by atoms with van der Waals surface area (Å²) in [6.07, 6.45) is 6.10. The summed E-state index contributed by atoms with van der Waals surface area (Å²) in [6.45, 7) is 2.69. The Labute approximate surface area is 237 Å². The van der Waals surface area contributed by atoms with Crippen molar-refractivity contribution in [2.75, 3.05) is 26.2 Å². The van der Waals surface area contributed by atoms with Gasteiger partial charge in [-0.3, -0.25) is 14.2 Å². The molecule has 0 spiro atoms. The number of aromatic nitrogens is 2. The molecule has 2 aliphatic rings. The number of thioether (sulfide) groups is 1. The van der Waals surface area contributed by atoms with E-state index in [0.717, 1.165) is 37.9 Å². The van der Waals surface area contributed by atoms with Gasteiger partial charge in [0.25, 0.3) is 5.56 Å². The molecule has 2 heterocycles. The van der Waals surface area contributed by atoms with Crippen LogP contribution in [-0.2, 0) is 17.8 Å². The number of ether oxygens (including phenoxy) is 1. The summed E-state index contributed by atoms with van der Waals surface area (Å²) in [5.41, 5.74) is 1.87. The van der Waals surface area contributed by atoms with E-state index in [9.17, 15) is 19.1 Å². The van der Waals surface area contributed by atoms with Gasteiger partial charge in [0.15, 0.2) is 5.16 Å². The molecule has 1 aliphatic carbocycles. The van der Waals surface area contributed by atoms with E-state index in [2.05, 4.69) is 5.32 Å². The number of amides is 1. The molecule has 1 amide bonds. The van der Waals surface area contributed by atoms with Crippen LogP contribution in [0.5, 0.6) is 11.5 Å². The number of rotatable bonds is 12. The lowest BCUT2D eigenvalue weighted by Gasteiger charge is -2.30. The second kappa shape index (κ2) is 13.3. The SMILES string of the molecule is O=C(CCNCCCCOc1ccc(F)cc1)N1CCc2nc(SC3CCC3)n(-c3ccc(O)cc3)c(=O)c2C1. The maximum Gasteiger partial charge on any atom is 0.264 e. The zero-order valence-electron chi connectivity index (χ0n) is 22.5. The highest BCUT2D eigenvalue weighted by molar-refractivity contribution is 7.99. The number of aromatic hydroxyl groups is 1. The fourth-order valence-corrected chi connectivity index (χ4v) is 6.09. The Morgan fingerprint density at radius 3 is 2.60 bits per heavy atom. The molecule has 1 aromatic heterocycles. The Morgan fingerprint density at radius 1 is 1.10 bits per heavy atom. The minimum absolute atomic E-state index is 0.0151. The average Bonchev–Trinajstić information content (AvgIpc) is 2.93. The van der Waals surface area contributed by atoms with Crippen LogP contribution in [0.25, 0.3) is 5.69 Å². The molecule has 3 aromatic rings. The quantitative estimate of drug-likeness (QED) is 0.247. The third-order valence-electron chi connectivity index (χ3n) is 7.33. The van der Waals surface area contributed by atoms with Gasteiger partial charge in [-0.15, -0.1) is 0 Å². The number of fused-ring (bicyclic) bond motifs is 1. The van der Waals surface area contributed by atoms with Gasteiger partial charge < -0.3 is 20.1 Å². The minimum Gasteiger partial charge on any atom is -0.508 e. The van der Waals surface area contributed by atoms with Crippen molar-refractivity contribution in [3.8, 4) is 17.2 Å². The van der Waals surface area contributed by atoms with Gasteiger partial charge in [-0.2, -0.15) is 0 Å². The van der Waals surface area contributed by atoms with Gasteiger partial charge in [0, 0.05) is 31.2 Å². The molecule has 1 fully saturated rings. The van der Waals surface area contributed by atoms with E-state index in [-0.39, 0.29) is 29.6 Å². The monoisotopic (exact) mass is 566 g/mol. The summed E-state index contributed by atoms with van der Waals surface area (Å²) in [5.74, 6) is 0.525. The maximum absolute atomic E-state index is 13.7. The largest absolute Gasteiger partial charge is 0.508 e. The lowest BCUT2D eigenvalue weighted by molar-refractivity contribution is -0.132. The molecule has 212 valence electrons. The number of nitrogens with zero attached hydrogens (tertiary/aromatic N) is 3.